The van der Waals surface area contributed by atoms with Gasteiger partial charge in [0.05, 0.1) is 5.25 Å². The van der Waals surface area contributed by atoms with Gasteiger partial charge in [0.2, 0.25) is 10.0 Å². The molecule has 0 radical (unpaired) electrons. The first-order valence-electron chi connectivity index (χ1n) is 9.37. The molecule has 5 heteroatoms. The first-order chi connectivity index (χ1) is 10.6. The number of likely N-dealkylation sites (tertiary alicyclic amines) is 1. The molecule has 0 spiro atoms. The zero-order valence-corrected chi connectivity index (χ0v) is 16.9. The van der Waals surface area contributed by atoms with E-state index in [0.29, 0.717) is 19.0 Å². The van der Waals surface area contributed by atoms with Gasteiger partial charge in [-0.15, -0.1) is 0 Å². The highest BCUT2D eigenvalue weighted by atomic mass is 32.2. The van der Waals surface area contributed by atoms with Crippen LogP contribution in [0.15, 0.2) is 0 Å². The van der Waals surface area contributed by atoms with Crippen LogP contribution in [0.5, 0.6) is 0 Å². The van der Waals surface area contributed by atoms with E-state index in [1.54, 1.807) is 18.2 Å². The van der Waals surface area contributed by atoms with Crippen molar-refractivity contribution in [3.05, 3.63) is 0 Å². The first kappa shape index (κ1) is 20.9. The molecular weight excluding hydrogens is 308 g/mol. The smallest absolute Gasteiger partial charge is 0.216 e. The van der Waals surface area contributed by atoms with Crippen molar-refractivity contribution in [2.75, 3.05) is 26.2 Å². The van der Waals surface area contributed by atoms with E-state index in [1.807, 2.05) is 0 Å². The molecule has 2 aliphatic rings. The standard InChI is InChI=1S/C9H19NO2S.C9H19N/c1-8(2)13(11,12)10-6-4-9(3)5-7-10;1-8(2)10-6-4-9(3)5-7-10/h8-9H,4-7H2,1-3H3;8-9H,4-7H2,1-3H3. The molecular formula is C18H38N2O2S. The fraction of sp³-hybridized carbons (Fsp3) is 1.00. The lowest BCUT2D eigenvalue weighted by Crippen LogP contribution is -2.41. The number of rotatable bonds is 3. The topological polar surface area (TPSA) is 40.6 Å². The van der Waals surface area contributed by atoms with Crippen LogP contribution in [-0.2, 0) is 10.0 Å². The molecule has 2 fully saturated rings. The third-order valence-corrected chi connectivity index (χ3v) is 7.52. The highest BCUT2D eigenvalue weighted by Crippen LogP contribution is 2.20. The first-order valence-corrected chi connectivity index (χ1v) is 10.9. The molecule has 2 heterocycles. The number of nitrogens with zero attached hydrogens (tertiary/aromatic N) is 2. The predicted molar refractivity (Wildman–Crippen MR) is 99.1 cm³/mol. The van der Waals surface area contributed by atoms with Gasteiger partial charge in [-0.1, -0.05) is 13.8 Å². The number of hydrogen-bond donors (Lipinski definition) is 0. The number of hydrogen-bond acceptors (Lipinski definition) is 3. The monoisotopic (exact) mass is 346 g/mol. The van der Waals surface area contributed by atoms with E-state index in [-0.39, 0.29) is 5.25 Å². The third-order valence-electron chi connectivity index (χ3n) is 5.25. The Morgan fingerprint density at radius 3 is 1.52 bits per heavy atom. The van der Waals surface area contributed by atoms with Crippen LogP contribution in [-0.4, -0.2) is 55.1 Å². The van der Waals surface area contributed by atoms with Crippen molar-refractivity contribution in [1.82, 2.24) is 9.21 Å². The minimum absolute atomic E-state index is 0.277. The Morgan fingerprint density at radius 2 is 1.17 bits per heavy atom. The molecule has 4 nitrogen and oxygen atoms in total. The zero-order chi connectivity index (χ0) is 17.6. The lowest BCUT2D eigenvalue weighted by molar-refractivity contribution is 0.156. The fourth-order valence-electron chi connectivity index (χ4n) is 3.08. The molecule has 0 saturated carbocycles. The molecule has 138 valence electrons. The molecule has 2 rings (SSSR count). The summed E-state index contributed by atoms with van der Waals surface area (Å²) >= 11 is 0. The molecule has 0 N–H and O–H groups in total. The molecule has 0 aromatic heterocycles. The highest BCUT2D eigenvalue weighted by molar-refractivity contribution is 7.89. The van der Waals surface area contributed by atoms with Crippen molar-refractivity contribution in [3.8, 4) is 0 Å². The van der Waals surface area contributed by atoms with Crippen LogP contribution >= 0.6 is 0 Å². The second kappa shape index (κ2) is 9.38. The van der Waals surface area contributed by atoms with E-state index in [2.05, 4.69) is 32.6 Å². The van der Waals surface area contributed by atoms with E-state index in [4.69, 9.17) is 0 Å². The van der Waals surface area contributed by atoms with Crippen LogP contribution in [0, 0.1) is 11.8 Å². The summed E-state index contributed by atoms with van der Waals surface area (Å²) < 4.78 is 25.1. The summed E-state index contributed by atoms with van der Waals surface area (Å²) in [5.41, 5.74) is 0. The molecule has 23 heavy (non-hydrogen) atoms. The Bertz CT molecular complexity index is 418. The Morgan fingerprint density at radius 1 is 0.783 bits per heavy atom. The molecule has 0 amide bonds. The van der Waals surface area contributed by atoms with Gasteiger partial charge in [-0.05, 0) is 78.3 Å². The highest BCUT2D eigenvalue weighted by Gasteiger charge is 2.28. The van der Waals surface area contributed by atoms with Gasteiger partial charge in [-0.3, -0.25) is 0 Å². The van der Waals surface area contributed by atoms with Crippen LogP contribution in [0.1, 0.15) is 67.2 Å². The van der Waals surface area contributed by atoms with Crippen molar-refractivity contribution in [2.45, 2.75) is 78.5 Å². The van der Waals surface area contributed by atoms with Gasteiger partial charge in [0.25, 0.3) is 0 Å². The van der Waals surface area contributed by atoms with E-state index in [1.165, 1.54) is 25.9 Å². The van der Waals surface area contributed by atoms with Crippen LogP contribution in [0.4, 0.5) is 0 Å². The van der Waals surface area contributed by atoms with Gasteiger partial charge in [0.1, 0.15) is 0 Å². The summed E-state index contributed by atoms with van der Waals surface area (Å²) in [5.74, 6) is 1.65. The van der Waals surface area contributed by atoms with E-state index in [0.717, 1.165) is 24.8 Å². The average molecular weight is 347 g/mol. The summed E-state index contributed by atoms with van der Waals surface area (Å²) in [6.45, 7) is 16.7. The van der Waals surface area contributed by atoms with Crippen LogP contribution in [0.25, 0.3) is 0 Å². The lowest BCUT2D eigenvalue weighted by atomic mass is 9.98. The Kier molecular flexibility index (Phi) is 8.53. The van der Waals surface area contributed by atoms with Gasteiger partial charge in [0, 0.05) is 19.1 Å². The van der Waals surface area contributed by atoms with E-state index in [9.17, 15) is 8.42 Å². The summed E-state index contributed by atoms with van der Waals surface area (Å²) in [6.07, 6.45) is 4.81. The minimum atomic E-state index is -2.99. The molecule has 0 aliphatic carbocycles. The van der Waals surface area contributed by atoms with Crippen molar-refractivity contribution in [1.29, 1.82) is 0 Å². The second-order valence-electron chi connectivity index (χ2n) is 7.99. The number of sulfonamides is 1. The van der Waals surface area contributed by atoms with Gasteiger partial charge < -0.3 is 4.90 Å². The van der Waals surface area contributed by atoms with Crippen LogP contribution < -0.4 is 0 Å². The lowest BCUT2D eigenvalue weighted by Gasteiger charge is -2.33. The van der Waals surface area contributed by atoms with Gasteiger partial charge in [-0.2, -0.15) is 0 Å². The molecule has 0 bridgehead atoms. The summed E-state index contributed by atoms with van der Waals surface area (Å²) in [4.78, 5) is 2.57. The predicted octanol–water partition coefficient (Wildman–Crippen LogP) is 3.58. The summed E-state index contributed by atoms with van der Waals surface area (Å²) in [5, 5.41) is -0.277. The zero-order valence-electron chi connectivity index (χ0n) is 16.1. The SMILES string of the molecule is CC1CCN(C(C)C)CC1.CC1CCN(S(=O)(=O)C(C)C)CC1. The second-order valence-corrected chi connectivity index (χ2v) is 10.5. The maximum atomic E-state index is 11.7. The molecule has 0 aromatic rings. The molecule has 2 aliphatic heterocycles. The minimum Gasteiger partial charge on any atom is -0.301 e. The van der Waals surface area contributed by atoms with Crippen molar-refractivity contribution in [2.24, 2.45) is 11.8 Å². The van der Waals surface area contributed by atoms with E-state index >= 15 is 0 Å². The Balaban J connectivity index is 0.000000238. The van der Waals surface area contributed by atoms with Crippen molar-refractivity contribution >= 4 is 10.0 Å². The Hall–Kier alpha value is -0.130. The van der Waals surface area contributed by atoms with Gasteiger partial charge >= 0.3 is 0 Å². The molecule has 2 saturated heterocycles. The normalized spacial score (nSPS) is 23.1. The van der Waals surface area contributed by atoms with Gasteiger partial charge in [0.15, 0.2) is 0 Å². The maximum absolute atomic E-state index is 11.7. The van der Waals surface area contributed by atoms with Gasteiger partial charge in [-0.25, -0.2) is 12.7 Å². The molecule has 0 atom stereocenters. The Labute approximate surface area is 144 Å². The maximum Gasteiger partial charge on any atom is 0.216 e. The molecule has 0 unspecified atom stereocenters. The largest absolute Gasteiger partial charge is 0.301 e. The summed E-state index contributed by atoms with van der Waals surface area (Å²) in [6, 6.07) is 0.757. The average Bonchev–Trinajstić information content (AvgIpc) is 2.48. The number of piperidine rings is 2. The fourth-order valence-corrected chi connectivity index (χ4v) is 4.40. The summed E-state index contributed by atoms with van der Waals surface area (Å²) in [7, 11) is -2.99. The van der Waals surface area contributed by atoms with Crippen molar-refractivity contribution in [3.63, 3.8) is 0 Å². The quantitative estimate of drug-likeness (QED) is 0.784. The van der Waals surface area contributed by atoms with Crippen LogP contribution in [0.2, 0.25) is 0 Å². The van der Waals surface area contributed by atoms with Crippen molar-refractivity contribution < 1.29 is 8.42 Å². The third kappa shape index (κ3) is 6.71. The van der Waals surface area contributed by atoms with Crippen LogP contribution in [0.3, 0.4) is 0 Å². The molecule has 0 aromatic carbocycles. The van der Waals surface area contributed by atoms with E-state index < -0.39 is 10.0 Å².